The lowest BCUT2D eigenvalue weighted by Crippen LogP contribution is -2.03. The van der Waals surface area contributed by atoms with Crippen LogP contribution in [0.4, 0.5) is 0 Å². The third-order valence-corrected chi connectivity index (χ3v) is 1.21. The van der Waals surface area contributed by atoms with E-state index in [9.17, 15) is 4.57 Å². The highest BCUT2D eigenvalue weighted by molar-refractivity contribution is 7.21. The summed E-state index contributed by atoms with van der Waals surface area (Å²) in [6.07, 6.45) is 0.936. The molecular formula is C4H12NO2P. The molecule has 0 aromatic heterocycles. The summed E-state index contributed by atoms with van der Waals surface area (Å²) in [6, 6.07) is 0. The molecule has 0 spiro atoms. The van der Waals surface area contributed by atoms with Gasteiger partial charge in [-0.1, -0.05) is 0 Å². The summed E-state index contributed by atoms with van der Waals surface area (Å²) in [5.74, 6) is 0. The molecule has 0 amide bonds. The second-order valence-electron chi connectivity index (χ2n) is 1.42. The fraction of sp³-hybridized carbons (Fsp3) is 1.00. The topological polar surface area (TPSA) is 38.3 Å². The minimum atomic E-state index is -0.778. The Labute approximate surface area is 50.7 Å². The van der Waals surface area contributed by atoms with Gasteiger partial charge in [0.2, 0.25) is 0 Å². The second-order valence-corrected chi connectivity index (χ2v) is 2.06. The van der Waals surface area contributed by atoms with Crippen LogP contribution in [0.1, 0.15) is 6.42 Å². The molecule has 0 aliphatic rings. The van der Waals surface area contributed by atoms with Crippen molar-refractivity contribution in [2.24, 2.45) is 0 Å². The molecule has 50 valence electrons. The Morgan fingerprint density at radius 2 is 2.50 bits per heavy atom. The normalized spacial score (nSPS) is 11.1. The fourth-order valence-electron chi connectivity index (χ4n) is 0.377. The van der Waals surface area contributed by atoms with Gasteiger partial charge < -0.3 is 9.30 Å². The second kappa shape index (κ2) is 7.15. The highest BCUT2D eigenvalue weighted by atomic mass is 31.1. The van der Waals surface area contributed by atoms with Crippen LogP contribution in [0.25, 0.3) is 0 Å². The Morgan fingerprint density at radius 3 is 3.00 bits per heavy atom. The van der Waals surface area contributed by atoms with Crippen molar-refractivity contribution >= 4 is 8.61 Å². The minimum Gasteiger partial charge on any atom is -0.385 e. The van der Waals surface area contributed by atoms with Gasteiger partial charge in [-0.2, -0.15) is 0 Å². The quantitative estimate of drug-likeness (QED) is 0.437. The van der Waals surface area contributed by atoms with Gasteiger partial charge in [-0.05, 0) is 6.42 Å². The molecular weight excluding hydrogens is 125 g/mol. The summed E-state index contributed by atoms with van der Waals surface area (Å²) >= 11 is 0. The molecule has 1 N–H and O–H groups in total. The number of ether oxygens (including phenoxy) is 1. The van der Waals surface area contributed by atoms with Crippen LogP contribution in [0.5, 0.6) is 0 Å². The molecule has 0 aromatic rings. The smallest absolute Gasteiger partial charge is 0.124 e. The first-order valence-electron chi connectivity index (χ1n) is 2.57. The SMILES string of the molecule is COCCCN[PH2]=O. The maximum atomic E-state index is 9.82. The van der Waals surface area contributed by atoms with Gasteiger partial charge in [-0.15, -0.1) is 0 Å². The van der Waals surface area contributed by atoms with Crippen LogP contribution in [0.2, 0.25) is 0 Å². The van der Waals surface area contributed by atoms with E-state index in [0.29, 0.717) is 0 Å². The van der Waals surface area contributed by atoms with Crippen LogP contribution >= 0.6 is 8.61 Å². The number of rotatable bonds is 5. The number of nitrogens with one attached hydrogen (secondary N) is 1. The molecule has 0 aliphatic carbocycles. The van der Waals surface area contributed by atoms with Gasteiger partial charge in [0, 0.05) is 20.3 Å². The molecule has 4 heteroatoms. The first-order valence-corrected chi connectivity index (χ1v) is 3.62. The van der Waals surface area contributed by atoms with Gasteiger partial charge in [-0.3, -0.25) is 5.09 Å². The molecule has 0 heterocycles. The molecule has 1 atom stereocenters. The van der Waals surface area contributed by atoms with Crippen LogP contribution in [-0.4, -0.2) is 20.3 Å². The zero-order chi connectivity index (χ0) is 6.24. The van der Waals surface area contributed by atoms with Gasteiger partial charge in [0.25, 0.3) is 0 Å². The molecule has 0 radical (unpaired) electrons. The van der Waals surface area contributed by atoms with Crippen molar-refractivity contribution in [3.8, 4) is 0 Å². The maximum absolute atomic E-state index is 9.82. The zero-order valence-corrected chi connectivity index (χ0v) is 6.17. The lowest BCUT2D eigenvalue weighted by atomic mass is 10.5. The zero-order valence-electron chi connectivity index (χ0n) is 5.02. The van der Waals surface area contributed by atoms with Crippen LogP contribution in [0.3, 0.4) is 0 Å². The highest BCUT2D eigenvalue weighted by Gasteiger charge is 1.80. The maximum Gasteiger partial charge on any atom is 0.124 e. The lowest BCUT2D eigenvalue weighted by Gasteiger charge is -1.94. The van der Waals surface area contributed by atoms with Crippen LogP contribution in [0.15, 0.2) is 0 Å². The number of hydrogen-bond acceptors (Lipinski definition) is 2. The molecule has 0 aromatic carbocycles. The standard InChI is InChI=1S/C4H12NO2P/c1-7-4-2-3-5-8-6/h2-4,8H2,1H3,(H,5,6). The van der Waals surface area contributed by atoms with Crippen LogP contribution in [-0.2, 0) is 9.30 Å². The predicted molar refractivity (Wildman–Crippen MR) is 34.9 cm³/mol. The summed E-state index contributed by atoms with van der Waals surface area (Å²) < 4.78 is 14.6. The third kappa shape index (κ3) is 6.15. The third-order valence-electron chi connectivity index (χ3n) is 0.753. The predicted octanol–water partition coefficient (Wildman–Crippen LogP) is 0.284. The Morgan fingerprint density at radius 1 is 1.75 bits per heavy atom. The summed E-state index contributed by atoms with van der Waals surface area (Å²) in [6.45, 7) is 1.54. The Balaban J connectivity index is 2.62. The van der Waals surface area contributed by atoms with Gasteiger partial charge in [0.05, 0.1) is 0 Å². The summed E-state index contributed by atoms with van der Waals surface area (Å²) in [4.78, 5) is 0. The Kier molecular flexibility index (Phi) is 7.28. The molecule has 0 fully saturated rings. The number of hydrogen-bond donors (Lipinski definition) is 1. The van der Waals surface area contributed by atoms with E-state index in [-0.39, 0.29) is 0 Å². The van der Waals surface area contributed by atoms with Gasteiger partial charge >= 0.3 is 0 Å². The monoisotopic (exact) mass is 137 g/mol. The van der Waals surface area contributed by atoms with Crippen LogP contribution in [0, 0.1) is 0 Å². The first-order chi connectivity index (χ1) is 3.91. The minimum absolute atomic E-state index is 0.742. The molecule has 8 heavy (non-hydrogen) atoms. The molecule has 3 nitrogen and oxygen atoms in total. The Hall–Kier alpha value is 0.150. The van der Waals surface area contributed by atoms with Crippen molar-refractivity contribution in [1.82, 2.24) is 5.09 Å². The van der Waals surface area contributed by atoms with E-state index in [2.05, 4.69) is 5.09 Å². The molecule has 1 unspecified atom stereocenters. The van der Waals surface area contributed by atoms with E-state index in [1.165, 1.54) is 0 Å². The number of methoxy groups -OCH3 is 1. The Bertz CT molecular complexity index is 60.0. The lowest BCUT2D eigenvalue weighted by molar-refractivity contribution is 0.196. The molecule has 0 rings (SSSR count). The van der Waals surface area contributed by atoms with E-state index < -0.39 is 8.61 Å². The van der Waals surface area contributed by atoms with Crippen molar-refractivity contribution in [3.05, 3.63) is 0 Å². The largest absolute Gasteiger partial charge is 0.385 e. The van der Waals surface area contributed by atoms with Crippen molar-refractivity contribution < 1.29 is 9.30 Å². The molecule has 0 saturated carbocycles. The van der Waals surface area contributed by atoms with Crippen molar-refractivity contribution in [3.63, 3.8) is 0 Å². The van der Waals surface area contributed by atoms with E-state index in [1.807, 2.05) is 0 Å². The first kappa shape index (κ1) is 8.15. The summed E-state index contributed by atoms with van der Waals surface area (Å²) in [7, 11) is 0.879. The molecule has 0 saturated heterocycles. The highest BCUT2D eigenvalue weighted by Crippen LogP contribution is 1.82. The summed E-state index contributed by atoms with van der Waals surface area (Å²) in [5.41, 5.74) is 0. The average Bonchev–Trinajstić information content (AvgIpc) is 1.81. The average molecular weight is 137 g/mol. The molecule has 0 bridgehead atoms. The van der Waals surface area contributed by atoms with Crippen LogP contribution < -0.4 is 5.09 Å². The summed E-state index contributed by atoms with van der Waals surface area (Å²) in [5, 5.41) is 2.73. The van der Waals surface area contributed by atoms with Crippen molar-refractivity contribution in [2.75, 3.05) is 20.3 Å². The molecule has 0 aliphatic heterocycles. The van der Waals surface area contributed by atoms with Gasteiger partial charge in [0.1, 0.15) is 8.61 Å². The van der Waals surface area contributed by atoms with Crippen molar-refractivity contribution in [1.29, 1.82) is 0 Å². The fourth-order valence-corrected chi connectivity index (χ4v) is 0.699. The van der Waals surface area contributed by atoms with E-state index in [4.69, 9.17) is 4.74 Å². The van der Waals surface area contributed by atoms with Gasteiger partial charge in [0.15, 0.2) is 0 Å². The van der Waals surface area contributed by atoms with Gasteiger partial charge in [-0.25, -0.2) is 0 Å². The van der Waals surface area contributed by atoms with E-state index in [0.717, 1.165) is 19.6 Å². The van der Waals surface area contributed by atoms with Crippen molar-refractivity contribution in [2.45, 2.75) is 6.42 Å². The van der Waals surface area contributed by atoms with E-state index in [1.54, 1.807) is 7.11 Å². The van der Waals surface area contributed by atoms with E-state index >= 15 is 0 Å².